The van der Waals surface area contributed by atoms with Gasteiger partial charge in [-0.1, -0.05) is 36.4 Å². The average Bonchev–Trinajstić information content (AvgIpc) is 3.44. The molecule has 1 atom stereocenters. The van der Waals surface area contributed by atoms with E-state index in [1.54, 1.807) is 18.3 Å². The Labute approximate surface area is 168 Å². The molecule has 1 amide bonds. The molecule has 29 heavy (non-hydrogen) atoms. The van der Waals surface area contributed by atoms with Crippen LogP contribution in [0.3, 0.4) is 0 Å². The summed E-state index contributed by atoms with van der Waals surface area (Å²) < 4.78 is 7.15. The van der Waals surface area contributed by atoms with Gasteiger partial charge >= 0.3 is 0 Å². The van der Waals surface area contributed by atoms with Crippen LogP contribution in [0, 0.1) is 0 Å². The van der Waals surface area contributed by atoms with E-state index in [0.29, 0.717) is 11.3 Å². The summed E-state index contributed by atoms with van der Waals surface area (Å²) in [7, 11) is 0. The minimum absolute atomic E-state index is 0.0141. The molecule has 0 unspecified atom stereocenters. The number of benzene rings is 2. The normalized spacial score (nSPS) is 15.6. The molecule has 5 heteroatoms. The van der Waals surface area contributed by atoms with Crippen LogP contribution in [0.15, 0.2) is 77.5 Å². The van der Waals surface area contributed by atoms with Crippen LogP contribution in [0.2, 0.25) is 0 Å². The molecular weight excluding hydrogens is 364 g/mol. The lowest BCUT2D eigenvalue weighted by atomic mass is 10.1. The predicted molar refractivity (Wildman–Crippen MR) is 111 cm³/mol. The monoisotopic (exact) mass is 384 g/mol. The first kappa shape index (κ1) is 17.5. The van der Waals surface area contributed by atoms with Gasteiger partial charge in [0.05, 0.1) is 11.8 Å². The molecular formula is C24H20N2O3. The van der Waals surface area contributed by atoms with Gasteiger partial charge in [-0.2, -0.15) is 0 Å². The number of furan rings is 1. The van der Waals surface area contributed by atoms with Crippen molar-refractivity contribution in [1.82, 2.24) is 4.57 Å². The van der Waals surface area contributed by atoms with Crippen LogP contribution in [-0.4, -0.2) is 22.3 Å². The number of nitrogens with zero attached hydrogens (tertiary/aromatic N) is 2. The highest BCUT2D eigenvalue weighted by Gasteiger charge is 2.31. The Morgan fingerprint density at radius 3 is 2.66 bits per heavy atom. The first-order chi connectivity index (χ1) is 14.1. The third kappa shape index (κ3) is 2.86. The van der Waals surface area contributed by atoms with E-state index in [1.165, 1.54) is 11.8 Å². The largest absolute Gasteiger partial charge is 0.461 e. The van der Waals surface area contributed by atoms with Crippen LogP contribution in [0.25, 0.3) is 10.9 Å². The fourth-order valence-electron chi connectivity index (χ4n) is 4.27. The summed E-state index contributed by atoms with van der Waals surface area (Å²) in [6.45, 7) is 2.24. The molecule has 5 nitrogen and oxygen atoms in total. The molecule has 144 valence electrons. The Kier molecular flexibility index (Phi) is 4.09. The summed E-state index contributed by atoms with van der Waals surface area (Å²) >= 11 is 0. The Morgan fingerprint density at radius 1 is 1.03 bits per heavy atom. The maximum atomic E-state index is 13.2. The highest BCUT2D eigenvalue weighted by atomic mass is 16.3. The second kappa shape index (κ2) is 6.78. The highest BCUT2D eigenvalue weighted by molar-refractivity contribution is 6.15. The maximum Gasteiger partial charge on any atom is 0.247 e. The van der Waals surface area contributed by atoms with Gasteiger partial charge in [0.15, 0.2) is 5.76 Å². The summed E-state index contributed by atoms with van der Waals surface area (Å²) in [5.41, 5.74) is 3.57. The number of para-hydroxylation sites is 2. The second-order valence-electron chi connectivity index (χ2n) is 7.44. The zero-order valence-corrected chi connectivity index (χ0v) is 16.0. The van der Waals surface area contributed by atoms with Gasteiger partial charge in [0.1, 0.15) is 6.54 Å². The molecule has 0 bridgehead atoms. The Balaban J connectivity index is 1.52. The molecule has 0 spiro atoms. The van der Waals surface area contributed by atoms with Crippen LogP contribution in [0.4, 0.5) is 5.69 Å². The summed E-state index contributed by atoms with van der Waals surface area (Å²) in [5, 5.41) is 0.816. The van der Waals surface area contributed by atoms with E-state index in [2.05, 4.69) is 13.0 Å². The molecule has 2 aromatic heterocycles. The number of carbonyl (C=O) groups is 2. The van der Waals surface area contributed by atoms with Crippen molar-refractivity contribution in [2.45, 2.75) is 25.9 Å². The van der Waals surface area contributed by atoms with Crippen molar-refractivity contribution in [3.63, 3.8) is 0 Å². The van der Waals surface area contributed by atoms with Crippen molar-refractivity contribution in [3.8, 4) is 0 Å². The molecule has 1 aliphatic heterocycles. The van der Waals surface area contributed by atoms with E-state index in [-0.39, 0.29) is 24.3 Å². The number of hydrogen-bond acceptors (Lipinski definition) is 3. The standard InChI is InChI=1S/C24H20N2O3/c1-16-13-17-7-2-4-9-20(17)26(16)23(27)15-25-14-19(18-8-3-5-10-21(18)25)24(28)22-11-6-12-29-22/h2-12,14,16H,13,15H2,1H3/t16-/m1/s1. The topological polar surface area (TPSA) is 55.5 Å². The van der Waals surface area contributed by atoms with Crippen LogP contribution in [0.1, 0.15) is 28.6 Å². The Morgan fingerprint density at radius 2 is 1.83 bits per heavy atom. The summed E-state index contributed by atoms with van der Waals surface area (Å²) in [5.74, 6) is 0.124. The van der Waals surface area contributed by atoms with Crippen LogP contribution >= 0.6 is 0 Å². The van der Waals surface area contributed by atoms with Gasteiger partial charge in [-0.05, 0) is 43.2 Å². The fraction of sp³-hybridized carbons (Fsp3) is 0.167. The highest BCUT2D eigenvalue weighted by Crippen LogP contribution is 2.32. The number of amides is 1. The Bertz CT molecular complexity index is 1220. The maximum absolute atomic E-state index is 13.2. The fourth-order valence-corrected chi connectivity index (χ4v) is 4.27. The quantitative estimate of drug-likeness (QED) is 0.489. The number of aromatic nitrogens is 1. The van der Waals surface area contributed by atoms with Crippen LogP contribution < -0.4 is 4.90 Å². The van der Waals surface area contributed by atoms with Gasteiger partial charge in [-0.25, -0.2) is 0 Å². The molecule has 1 aliphatic rings. The molecule has 4 aromatic rings. The molecule has 0 fully saturated rings. The number of carbonyl (C=O) groups excluding carboxylic acids is 2. The zero-order chi connectivity index (χ0) is 20.0. The van der Waals surface area contributed by atoms with Gasteiger partial charge < -0.3 is 13.9 Å². The zero-order valence-electron chi connectivity index (χ0n) is 16.0. The van der Waals surface area contributed by atoms with E-state index in [9.17, 15) is 9.59 Å². The van der Waals surface area contributed by atoms with E-state index < -0.39 is 0 Å². The van der Waals surface area contributed by atoms with Gasteiger partial charge in [0, 0.05) is 28.8 Å². The second-order valence-corrected chi connectivity index (χ2v) is 7.44. The molecule has 0 N–H and O–H groups in total. The number of rotatable bonds is 4. The predicted octanol–water partition coefficient (Wildman–Crippen LogP) is 4.44. The molecule has 0 saturated carbocycles. The first-order valence-electron chi connectivity index (χ1n) is 9.69. The molecule has 2 aromatic carbocycles. The van der Waals surface area contributed by atoms with Crippen LogP contribution in [-0.2, 0) is 17.8 Å². The van der Waals surface area contributed by atoms with Crippen molar-refractivity contribution in [1.29, 1.82) is 0 Å². The Hall–Kier alpha value is -3.60. The molecule has 0 aliphatic carbocycles. The number of fused-ring (bicyclic) bond motifs is 2. The van der Waals surface area contributed by atoms with Gasteiger partial charge in [0.2, 0.25) is 11.7 Å². The van der Waals surface area contributed by atoms with E-state index in [0.717, 1.165) is 23.0 Å². The first-order valence-corrected chi connectivity index (χ1v) is 9.69. The van der Waals surface area contributed by atoms with Crippen LogP contribution in [0.5, 0.6) is 0 Å². The third-order valence-corrected chi connectivity index (χ3v) is 5.56. The number of hydrogen-bond donors (Lipinski definition) is 0. The summed E-state index contributed by atoms with van der Waals surface area (Å²) in [6.07, 6.45) is 4.11. The lowest BCUT2D eigenvalue weighted by molar-refractivity contribution is -0.119. The average molecular weight is 384 g/mol. The molecule has 0 saturated heterocycles. The van der Waals surface area contributed by atoms with E-state index >= 15 is 0 Å². The van der Waals surface area contributed by atoms with E-state index in [4.69, 9.17) is 4.42 Å². The van der Waals surface area contributed by atoms with Crippen molar-refractivity contribution in [2.75, 3.05) is 4.90 Å². The van der Waals surface area contributed by atoms with E-state index in [1.807, 2.05) is 51.9 Å². The lowest BCUT2D eigenvalue weighted by Gasteiger charge is -2.23. The lowest BCUT2D eigenvalue weighted by Crippen LogP contribution is -2.37. The van der Waals surface area contributed by atoms with Crippen molar-refractivity contribution in [2.24, 2.45) is 0 Å². The SMILES string of the molecule is C[C@@H]1Cc2ccccc2N1C(=O)Cn1cc(C(=O)c2ccco2)c2ccccc21. The van der Waals surface area contributed by atoms with Gasteiger partial charge in [0.25, 0.3) is 0 Å². The van der Waals surface area contributed by atoms with Crippen molar-refractivity contribution >= 4 is 28.3 Å². The third-order valence-electron chi connectivity index (χ3n) is 5.56. The molecule has 0 radical (unpaired) electrons. The summed E-state index contributed by atoms with van der Waals surface area (Å²) in [4.78, 5) is 28.0. The minimum atomic E-state index is -0.183. The molecule has 5 rings (SSSR count). The van der Waals surface area contributed by atoms with Gasteiger partial charge in [-0.15, -0.1) is 0 Å². The van der Waals surface area contributed by atoms with Gasteiger partial charge in [-0.3, -0.25) is 9.59 Å². The smallest absolute Gasteiger partial charge is 0.247 e. The van der Waals surface area contributed by atoms with Crippen molar-refractivity contribution in [3.05, 3.63) is 90.0 Å². The minimum Gasteiger partial charge on any atom is -0.461 e. The molecule has 3 heterocycles. The summed E-state index contributed by atoms with van der Waals surface area (Å²) in [6, 6.07) is 19.2. The van der Waals surface area contributed by atoms with Crippen molar-refractivity contribution < 1.29 is 14.0 Å². The number of anilines is 1. The number of ketones is 1.